The highest BCUT2D eigenvalue weighted by Crippen LogP contribution is 2.21. The van der Waals surface area contributed by atoms with E-state index >= 15 is 0 Å². The van der Waals surface area contributed by atoms with Crippen molar-refractivity contribution in [2.75, 3.05) is 19.3 Å². The Bertz CT molecular complexity index is 796. The van der Waals surface area contributed by atoms with Crippen molar-refractivity contribution in [3.05, 3.63) is 47.5 Å². The van der Waals surface area contributed by atoms with Gasteiger partial charge in [-0.2, -0.15) is 0 Å². The van der Waals surface area contributed by atoms with E-state index in [0.29, 0.717) is 6.54 Å². The molecular formula is C16H21N3O3S. The molecule has 0 unspecified atom stereocenters. The highest BCUT2D eigenvalue weighted by molar-refractivity contribution is 7.90. The van der Waals surface area contributed by atoms with Crippen molar-refractivity contribution in [1.29, 1.82) is 0 Å². The Morgan fingerprint density at radius 2 is 2.00 bits per heavy atom. The van der Waals surface area contributed by atoms with Gasteiger partial charge in [0.25, 0.3) is 0 Å². The second-order valence-corrected chi connectivity index (χ2v) is 8.11. The molecule has 1 aliphatic heterocycles. The molecule has 3 rings (SSSR count). The molecule has 7 heteroatoms. The molecule has 0 amide bonds. The fourth-order valence-electron chi connectivity index (χ4n) is 2.95. The van der Waals surface area contributed by atoms with E-state index in [1.807, 2.05) is 17.9 Å². The standard InChI is InChI=1S/C16H21N3O3S/c1-18-11-17-14-9-19(8-7-15(14)18)10-16(20)12-3-5-13(6-4-12)23(2,21)22/h3-6,11,16,20H,7-10H2,1-2H3/t16-/m1/s1. The minimum Gasteiger partial charge on any atom is -0.387 e. The van der Waals surface area contributed by atoms with Crippen LogP contribution in [-0.2, 0) is 29.9 Å². The Labute approximate surface area is 136 Å². The predicted octanol–water partition coefficient (Wildman–Crippen LogP) is 0.915. The molecule has 0 saturated heterocycles. The molecule has 2 heterocycles. The molecule has 0 fully saturated rings. The number of hydrogen-bond donors (Lipinski definition) is 1. The molecule has 1 N–H and O–H groups in total. The van der Waals surface area contributed by atoms with E-state index in [2.05, 4.69) is 9.88 Å². The Balaban J connectivity index is 1.67. The molecule has 0 bridgehead atoms. The van der Waals surface area contributed by atoms with Gasteiger partial charge in [0, 0.05) is 45.1 Å². The lowest BCUT2D eigenvalue weighted by atomic mass is 10.1. The van der Waals surface area contributed by atoms with Gasteiger partial charge in [-0.25, -0.2) is 13.4 Å². The molecular weight excluding hydrogens is 314 g/mol. The minimum absolute atomic E-state index is 0.268. The van der Waals surface area contributed by atoms with Gasteiger partial charge in [-0.3, -0.25) is 4.90 Å². The molecule has 124 valence electrons. The number of aromatic nitrogens is 2. The monoisotopic (exact) mass is 335 g/mol. The van der Waals surface area contributed by atoms with Crippen molar-refractivity contribution < 1.29 is 13.5 Å². The van der Waals surface area contributed by atoms with Crippen LogP contribution in [0.15, 0.2) is 35.5 Å². The van der Waals surface area contributed by atoms with Crippen LogP contribution < -0.4 is 0 Å². The van der Waals surface area contributed by atoms with Crippen LogP contribution in [0.2, 0.25) is 0 Å². The third-order valence-electron chi connectivity index (χ3n) is 4.31. The second kappa shape index (κ2) is 6.07. The molecule has 23 heavy (non-hydrogen) atoms. The molecule has 6 nitrogen and oxygen atoms in total. The van der Waals surface area contributed by atoms with Crippen molar-refractivity contribution >= 4 is 9.84 Å². The third kappa shape index (κ3) is 3.46. The molecule has 0 spiro atoms. The van der Waals surface area contributed by atoms with E-state index in [0.717, 1.165) is 30.8 Å². The lowest BCUT2D eigenvalue weighted by molar-refractivity contribution is 0.104. The topological polar surface area (TPSA) is 75.4 Å². The molecule has 1 aliphatic rings. The van der Waals surface area contributed by atoms with E-state index in [9.17, 15) is 13.5 Å². The van der Waals surface area contributed by atoms with Gasteiger partial charge in [-0.15, -0.1) is 0 Å². The number of aryl methyl sites for hydroxylation is 1. The van der Waals surface area contributed by atoms with Crippen LogP contribution in [0.4, 0.5) is 0 Å². The molecule has 0 aliphatic carbocycles. The summed E-state index contributed by atoms with van der Waals surface area (Å²) in [5, 5.41) is 10.4. The Hall–Kier alpha value is -1.70. The summed E-state index contributed by atoms with van der Waals surface area (Å²) in [5.74, 6) is 0. The number of β-amino-alcohol motifs (C(OH)–C–C–N with tert-alkyl or cyclic N) is 1. The zero-order chi connectivity index (χ0) is 16.6. The van der Waals surface area contributed by atoms with Gasteiger partial charge in [0.05, 0.1) is 23.0 Å². The van der Waals surface area contributed by atoms with Crippen LogP contribution in [-0.4, -0.2) is 47.3 Å². The molecule has 0 saturated carbocycles. The molecule has 0 radical (unpaired) electrons. The Morgan fingerprint density at radius 3 is 2.65 bits per heavy atom. The summed E-state index contributed by atoms with van der Waals surface area (Å²) in [5.41, 5.74) is 3.05. The van der Waals surface area contributed by atoms with Gasteiger partial charge in [-0.1, -0.05) is 12.1 Å². The third-order valence-corrected chi connectivity index (χ3v) is 5.44. The summed E-state index contributed by atoms with van der Waals surface area (Å²) in [6.45, 7) is 2.12. The summed E-state index contributed by atoms with van der Waals surface area (Å²) in [7, 11) is -1.21. The largest absolute Gasteiger partial charge is 0.387 e. The zero-order valence-electron chi connectivity index (χ0n) is 13.3. The maximum Gasteiger partial charge on any atom is 0.175 e. The van der Waals surface area contributed by atoms with Gasteiger partial charge < -0.3 is 9.67 Å². The fourth-order valence-corrected chi connectivity index (χ4v) is 3.59. The van der Waals surface area contributed by atoms with Crippen LogP contribution >= 0.6 is 0 Å². The van der Waals surface area contributed by atoms with Gasteiger partial charge in [0.2, 0.25) is 0 Å². The number of aliphatic hydroxyl groups is 1. The lowest BCUT2D eigenvalue weighted by Crippen LogP contribution is -2.34. The highest BCUT2D eigenvalue weighted by Gasteiger charge is 2.22. The first-order valence-corrected chi connectivity index (χ1v) is 9.43. The van der Waals surface area contributed by atoms with Crippen molar-refractivity contribution in [3.8, 4) is 0 Å². The number of sulfone groups is 1. The number of hydrogen-bond acceptors (Lipinski definition) is 5. The summed E-state index contributed by atoms with van der Waals surface area (Å²) >= 11 is 0. The van der Waals surface area contributed by atoms with Crippen LogP contribution in [0.1, 0.15) is 23.1 Å². The smallest absolute Gasteiger partial charge is 0.175 e. The molecule has 1 aromatic heterocycles. The van der Waals surface area contributed by atoms with Gasteiger partial charge >= 0.3 is 0 Å². The van der Waals surface area contributed by atoms with Gasteiger partial charge in [0.15, 0.2) is 9.84 Å². The average Bonchev–Trinajstić information content (AvgIpc) is 2.87. The molecule has 1 atom stereocenters. The van der Waals surface area contributed by atoms with Crippen molar-refractivity contribution in [1.82, 2.24) is 14.5 Å². The van der Waals surface area contributed by atoms with Gasteiger partial charge in [-0.05, 0) is 17.7 Å². The molecule has 2 aromatic rings. The van der Waals surface area contributed by atoms with E-state index in [4.69, 9.17) is 0 Å². The first-order chi connectivity index (χ1) is 10.8. The van der Waals surface area contributed by atoms with E-state index in [-0.39, 0.29) is 4.90 Å². The van der Waals surface area contributed by atoms with Crippen LogP contribution in [0.3, 0.4) is 0 Å². The summed E-state index contributed by atoms with van der Waals surface area (Å²) in [6, 6.07) is 6.44. The number of aliphatic hydroxyl groups excluding tert-OH is 1. The predicted molar refractivity (Wildman–Crippen MR) is 86.7 cm³/mol. The summed E-state index contributed by atoms with van der Waals surface area (Å²) in [6.07, 6.45) is 3.28. The van der Waals surface area contributed by atoms with Crippen molar-refractivity contribution in [2.45, 2.75) is 24.0 Å². The van der Waals surface area contributed by atoms with Gasteiger partial charge in [0.1, 0.15) is 0 Å². The maximum atomic E-state index is 11.5. The second-order valence-electron chi connectivity index (χ2n) is 6.09. The summed E-state index contributed by atoms with van der Waals surface area (Å²) < 4.78 is 25.0. The number of imidazole rings is 1. The SMILES string of the molecule is Cn1cnc2c1CCN(C[C@@H](O)c1ccc(S(C)(=O)=O)cc1)C2. The van der Waals surface area contributed by atoms with E-state index in [1.165, 1.54) is 11.9 Å². The number of benzene rings is 1. The van der Waals surface area contributed by atoms with E-state index < -0.39 is 15.9 Å². The zero-order valence-corrected chi connectivity index (χ0v) is 14.1. The van der Waals surface area contributed by atoms with Crippen LogP contribution in [0.25, 0.3) is 0 Å². The average molecular weight is 335 g/mol. The van der Waals surface area contributed by atoms with Crippen LogP contribution in [0.5, 0.6) is 0 Å². The normalized spacial score (nSPS) is 17.0. The first kappa shape index (κ1) is 16.2. The molecule has 1 aromatic carbocycles. The Kier molecular flexibility index (Phi) is 4.27. The quantitative estimate of drug-likeness (QED) is 0.899. The highest BCUT2D eigenvalue weighted by atomic mass is 32.2. The maximum absolute atomic E-state index is 11.5. The summed E-state index contributed by atoms with van der Waals surface area (Å²) in [4.78, 5) is 6.84. The number of nitrogens with zero attached hydrogens (tertiary/aromatic N) is 3. The van der Waals surface area contributed by atoms with Crippen molar-refractivity contribution in [3.63, 3.8) is 0 Å². The van der Waals surface area contributed by atoms with E-state index in [1.54, 1.807) is 24.3 Å². The Morgan fingerprint density at radius 1 is 1.30 bits per heavy atom. The number of rotatable bonds is 4. The van der Waals surface area contributed by atoms with Crippen LogP contribution in [0, 0.1) is 0 Å². The van der Waals surface area contributed by atoms with Crippen molar-refractivity contribution in [2.24, 2.45) is 7.05 Å². The first-order valence-electron chi connectivity index (χ1n) is 7.54. The lowest BCUT2D eigenvalue weighted by Gasteiger charge is -2.28. The fraction of sp³-hybridized carbons (Fsp3) is 0.438. The number of fused-ring (bicyclic) bond motifs is 1. The minimum atomic E-state index is -3.21.